The predicted octanol–water partition coefficient (Wildman–Crippen LogP) is 1.12. The highest BCUT2D eigenvalue weighted by Crippen LogP contribution is 2.23. The van der Waals surface area contributed by atoms with Crippen molar-refractivity contribution in [3.8, 4) is 0 Å². The summed E-state index contributed by atoms with van der Waals surface area (Å²) in [6, 6.07) is 13.9. The van der Waals surface area contributed by atoms with Crippen molar-refractivity contribution in [2.75, 3.05) is 43.1 Å². The third-order valence-electron chi connectivity index (χ3n) is 4.96. The van der Waals surface area contributed by atoms with Crippen molar-refractivity contribution in [3.63, 3.8) is 0 Å². The first-order valence-corrected chi connectivity index (χ1v) is 9.40. The molecule has 2 aliphatic rings. The molecule has 1 fully saturated rings. The fourth-order valence-corrected chi connectivity index (χ4v) is 3.49. The molecule has 8 nitrogen and oxygen atoms in total. The van der Waals surface area contributed by atoms with Crippen LogP contribution in [0, 0.1) is 0 Å². The Balaban J connectivity index is 1.36. The molecule has 0 aromatic heterocycles. The van der Waals surface area contributed by atoms with Gasteiger partial charge in [0, 0.05) is 24.5 Å². The maximum absolute atomic E-state index is 12.4. The lowest BCUT2D eigenvalue weighted by atomic mass is 10.1. The van der Waals surface area contributed by atoms with Gasteiger partial charge in [0.25, 0.3) is 17.7 Å². The number of hydrogen-bond donors (Lipinski definition) is 2. The van der Waals surface area contributed by atoms with E-state index in [2.05, 4.69) is 5.32 Å². The largest absolute Gasteiger partial charge is 0.389 e. The van der Waals surface area contributed by atoms with Crippen molar-refractivity contribution in [2.45, 2.75) is 6.10 Å². The van der Waals surface area contributed by atoms with Gasteiger partial charge in [-0.1, -0.05) is 18.2 Å². The summed E-state index contributed by atoms with van der Waals surface area (Å²) < 4.78 is 5.15. The SMILES string of the molecule is O=C1c2ccccc2C(=O)N1C[C@H](O)CNc1cccc(N2CCOCC2=O)c1. The molecule has 1 saturated heterocycles. The number of fused-ring (bicyclic) bond motifs is 1. The van der Waals surface area contributed by atoms with E-state index in [9.17, 15) is 19.5 Å². The van der Waals surface area contributed by atoms with Gasteiger partial charge in [-0.2, -0.15) is 0 Å². The lowest BCUT2D eigenvalue weighted by Gasteiger charge is -2.27. The summed E-state index contributed by atoms with van der Waals surface area (Å²) in [6.07, 6.45) is -0.939. The van der Waals surface area contributed by atoms with Crippen LogP contribution in [0.4, 0.5) is 11.4 Å². The molecule has 0 bridgehead atoms. The van der Waals surface area contributed by atoms with E-state index < -0.39 is 17.9 Å². The molecule has 1 atom stereocenters. The molecule has 0 spiro atoms. The molecule has 4 rings (SSSR count). The molecule has 29 heavy (non-hydrogen) atoms. The lowest BCUT2D eigenvalue weighted by Crippen LogP contribution is -2.41. The van der Waals surface area contributed by atoms with Gasteiger partial charge in [0.2, 0.25) is 0 Å². The fraction of sp³-hybridized carbons (Fsp3) is 0.286. The molecule has 2 aromatic rings. The summed E-state index contributed by atoms with van der Waals surface area (Å²) in [6.45, 7) is 1.10. The molecule has 3 amide bonds. The number of anilines is 2. The second-order valence-electron chi connectivity index (χ2n) is 6.95. The number of aliphatic hydroxyl groups is 1. The van der Waals surface area contributed by atoms with Crippen molar-refractivity contribution in [1.29, 1.82) is 0 Å². The molecule has 0 radical (unpaired) electrons. The highest BCUT2D eigenvalue weighted by Gasteiger charge is 2.36. The van der Waals surface area contributed by atoms with Crippen LogP contribution >= 0.6 is 0 Å². The molecule has 2 heterocycles. The number of nitrogens with one attached hydrogen (secondary N) is 1. The topological polar surface area (TPSA) is 99.2 Å². The third kappa shape index (κ3) is 3.85. The number of ether oxygens (including phenoxy) is 1. The number of rotatable bonds is 6. The van der Waals surface area contributed by atoms with Gasteiger partial charge in [-0.05, 0) is 30.3 Å². The van der Waals surface area contributed by atoms with E-state index in [0.29, 0.717) is 24.3 Å². The fourth-order valence-electron chi connectivity index (χ4n) is 3.49. The number of morpholine rings is 1. The van der Waals surface area contributed by atoms with Crippen LogP contribution < -0.4 is 10.2 Å². The number of hydrogen-bond acceptors (Lipinski definition) is 6. The quantitative estimate of drug-likeness (QED) is 0.711. The number of nitrogens with zero attached hydrogens (tertiary/aromatic N) is 2. The van der Waals surface area contributed by atoms with E-state index in [0.717, 1.165) is 16.3 Å². The minimum atomic E-state index is -0.939. The van der Waals surface area contributed by atoms with E-state index >= 15 is 0 Å². The average Bonchev–Trinajstić information content (AvgIpc) is 2.98. The molecule has 8 heteroatoms. The van der Waals surface area contributed by atoms with Crippen molar-refractivity contribution >= 4 is 29.1 Å². The summed E-state index contributed by atoms with van der Waals surface area (Å²) >= 11 is 0. The monoisotopic (exact) mass is 395 g/mol. The van der Waals surface area contributed by atoms with Crippen LogP contribution in [-0.4, -0.2) is 66.7 Å². The summed E-state index contributed by atoms with van der Waals surface area (Å²) in [7, 11) is 0. The molecular formula is C21H21N3O5. The number of β-amino-alcohol motifs (C(OH)–C–C–N with tert-alkyl or cyclic N) is 1. The van der Waals surface area contributed by atoms with Gasteiger partial charge in [-0.25, -0.2) is 0 Å². The molecule has 150 valence electrons. The Labute approximate surface area is 167 Å². The highest BCUT2D eigenvalue weighted by molar-refractivity contribution is 6.21. The first-order valence-electron chi connectivity index (χ1n) is 9.40. The molecule has 2 N–H and O–H groups in total. The van der Waals surface area contributed by atoms with Gasteiger partial charge < -0.3 is 20.1 Å². The lowest BCUT2D eigenvalue weighted by molar-refractivity contribution is -0.125. The van der Waals surface area contributed by atoms with Gasteiger partial charge >= 0.3 is 0 Å². The maximum Gasteiger partial charge on any atom is 0.261 e. The zero-order valence-electron chi connectivity index (χ0n) is 15.7. The Morgan fingerprint density at radius 2 is 1.76 bits per heavy atom. The zero-order valence-corrected chi connectivity index (χ0v) is 15.7. The number of aliphatic hydroxyl groups excluding tert-OH is 1. The van der Waals surface area contributed by atoms with Crippen molar-refractivity contribution < 1.29 is 24.2 Å². The number of imide groups is 1. The second kappa shape index (κ2) is 8.02. The molecule has 0 aliphatic carbocycles. The van der Waals surface area contributed by atoms with Crippen LogP contribution in [0.3, 0.4) is 0 Å². The van der Waals surface area contributed by atoms with Crippen LogP contribution in [0.5, 0.6) is 0 Å². The molecule has 0 unspecified atom stereocenters. The average molecular weight is 395 g/mol. The summed E-state index contributed by atoms with van der Waals surface area (Å²) in [5.74, 6) is -0.881. The Morgan fingerprint density at radius 3 is 2.45 bits per heavy atom. The van der Waals surface area contributed by atoms with Gasteiger partial charge in [0.1, 0.15) is 6.61 Å². The second-order valence-corrected chi connectivity index (χ2v) is 6.95. The van der Waals surface area contributed by atoms with Crippen LogP contribution in [0.1, 0.15) is 20.7 Å². The van der Waals surface area contributed by atoms with Gasteiger partial charge in [-0.15, -0.1) is 0 Å². The number of benzene rings is 2. The standard InChI is InChI=1S/C21H21N3O5/c25-16(12-24-20(27)17-6-1-2-7-18(17)21(24)28)11-22-14-4-3-5-15(10-14)23-8-9-29-13-19(23)26/h1-7,10,16,22,25H,8-9,11-13H2/t16-/m1/s1. The van der Waals surface area contributed by atoms with Crippen molar-refractivity contribution in [3.05, 3.63) is 59.7 Å². The Morgan fingerprint density at radius 1 is 1.03 bits per heavy atom. The Bertz CT molecular complexity index is 926. The van der Waals surface area contributed by atoms with Crippen LogP contribution in [0.15, 0.2) is 48.5 Å². The molecule has 0 saturated carbocycles. The molecular weight excluding hydrogens is 374 g/mol. The minimum absolute atomic E-state index is 0.0661. The Kier molecular flexibility index (Phi) is 5.28. The highest BCUT2D eigenvalue weighted by atomic mass is 16.5. The first-order chi connectivity index (χ1) is 14.0. The van der Waals surface area contributed by atoms with Crippen LogP contribution in [0.25, 0.3) is 0 Å². The van der Waals surface area contributed by atoms with E-state index in [-0.39, 0.29) is 25.6 Å². The van der Waals surface area contributed by atoms with E-state index in [1.807, 2.05) is 24.3 Å². The molecule has 2 aromatic carbocycles. The van der Waals surface area contributed by atoms with E-state index in [4.69, 9.17) is 4.74 Å². The van der Waals surface area contributed by atoms with Crippen LogP contribution in [-0.2, 0) is 9.53 Å². The predicted molar refractivity (Wildman–Crippen MR) is 106 cm³/mol. The van der Waals surface area contributed by atoms with E-state index in [1.165, 1.54) is 0 Å². The maximum atomic E-state index is 12.4. The van der Waals surface area contributed by atoms with Gasteiger partial charge in [0.15, 0.2) is 0 Å². The smallest absolute Gasteiger partial charge is 0.261 e. The third-order valence-corrected chi connectivity index (χ3v) is 4.96. The minimum Gasteiger partial charge on any atom is -0.389 e. The van der Waals surface area contributed by atoms with Crippen molar-refractivity contribution in [2.24, 2.45) is 0 Å². The normalized spacial score (nSPS) is 17.5. The number of carbonyl (C=O) groups is 3. The number of carbonyl (C=O) groups excluding carboxylic acids is 3. The van der Waals surface area contributed by atoms with Crippen LogP contribution in [0.2, 0.25) is 0 Å². The Hall–Kier alpha value is -3.23. The van der Waals surface area contributed by atoms with Gasteiger partial charge in [-0.3, -0.25) is 19.3 Å². The zero-order chi connectivity index (χ0) is 20.4. The summed E-state index contributed by atoms with van der Waals surface area (Å²) in [5.41, 5.74) is 2.20. The molecule has 2 aliphatic heterocycles. The van der Waals surface area contributed by atoms with E-state index in [1.54, 1.807) is 29.2 Å². The van der Waals surface area contributed by atoms with Crippen molar-refractivity contribution in [1.82, 2.24) is 4.90 Å². The number of amides is 3. The summed E-state index contributed by atoms with van der Waals surface area (Å²) in [4.78, 5) is 39.5. The van der Waals surface area contributed by atoms with Gasteiger partial charge in [0.05, 0.1) is 30.4 Å². The summed E-state index contributed by atoms with van der Waals surface area (Å²) in [5, 5.41) is 13.5. The first kappa shape index (κ1) is 19.1.